The standard InChI is InChI=1S/C16H22N4O2/c1-18(2)9-13-10-20(6-7-22-13)16(21)12-4-5-15-14(8-12)17-11-19(15)3/h4-5,8,11,13H,6-7,9-10H2,1-3H3. The first-order chi connectivity index (χ1) is 10.5. The molecule has 1 fully saturated rings. The maximum Gasteiger partial charge on any atom is 0.254 e. The van der Waals surface area contributed by atoms with Crippen LogP contribution in [0.2, 0.25) is 0 Å². The molecule has 2 aromatic rings. The van der Waals surface area contributed by atoms with Gasteiger partial charge in [-0.1, -0.05) is 0 Å². The number of hydrogen-bond donors (Lipinski definition) is 0. The second kappa shape index (κ2) is 6.06. The Morgan fingerprint density at radius 3 is 3.05 bits per heavy atom. The predicted octanol–water partition coefficient (Wildman–Crippen LogP) is 0.976. The molecule has 1 saturated heterocycles. The van der Waals surface area contributed by atoms with E-state index < -0.39 is 0 Å². The van der Waals surface area contributed by atoms with Crippen LogP contribution in [0.4, 0.5) is 0 Å². The van der Waals surface area contributed by atoms with Crippen LogP contribution in [-0.2, 0) is 11.8 Å². The summed E-state index contributed by atoms with van der Waals surface area (Å²) in [4.78, 5) is 21.0. The van der Waals surface area contributed by atoms with E-state index in [1.54, 1.807) is 6.33 Å². The first-order valence-electron chi connectivity index (χ1n) is 7.51. The lowest BCUT2D eigenvalue weighted by Crippen LogP contribution is -2.48. The molecule has 6 heteroatoms. The van der Waals surface area contributed by atoms with Gasteiger partial charge in [-0.15, -0.1) is 0 Å². The number of likely N-dealkylation sites (N-methyl/N-ethyl adjacent to an activating group) is 1. The van der Waals surface area contributed by atoms with Crippen molar-refractivity contribution < 1.29 is 9.53 Å². The number of ether oxygens (including phenoxy) is 1. The third kappa shape index (κ3) is 2.98. The molecule has 1 unspecified atom stereocenters. The van der Waals surface area contributed by atoms with Crippen LogP contribution in [0.25, 0.3) is 11.0 Å². The van der Waals surface area contributed by atoms with Crippen LogP contribution in [0, 0.1) is 0 Å². The topological polar surface area (TPSA) is 50.6 Å². The van der Waals surface area contributed by atoms with Crippen molar-refractivity contribution in [2.75, 3.05) is 40.3 Å². The number of morpholine rings is 1. The predicted molar refractivity (Wildman–Crippen MR) is 84.9 cm³/mol. The van der Waals surface area contributed by atoms with Crippen LogP contribution in [0.15, 0.2) is 24.5 Å². The third-order valence-electron chi connectivity index (χ3n) is 3.97. The second-order valence-electron chi connectivity index (χ2n) is 6.07. The Labute approximate surface area is 130 Å². The van der Waals surface area contributed by atoms with E-state index in [0.29, 0.717) is 25.3 Å². The highest BCUT2D eigenvalue weighted by molar-refractivity contribution is 5.97. The van der Waals surface area contributed by atoms with Gasteiger partial charge in [0.25, 0.3) is 5.91 Å². The molecule has 2 heterocycles. The average Bonchev–Trinajstić information content (AvgIpc) is 2.87. The zero-order chi connectivity index (χ0) is 15.7. The highest BCUT2D eigenvalue weighted by atomic mass is 16.5. The summed E-state index contributed by atoms with van der Waals surface area (Å²) >= 11 is 0. The fourth-order valence-electron chi connectivity index (χ4n) is 2.87. The summed E-state index contributed by atoms with van der Waals surface area (Å²) in [6.45, 7) is 2.69. The number of amides is 1. The minimum Gasteiger partial charge on any atom is -0.373 e. The first-order valence-corrected chi connectivity index (χ1v) is 7.51. The second-order valence-corrected chi connectivity index (χ2v) is 6.07. The van der Waals surface area contributed by atoms with Crippen molar-refractivity contribution in [3.8, 4) is 0 Å². The van der Waals surface area contributed by atoms with E-state index in [1.165, 1.54) is 0 Å². The van der Waals surface area contributed by atoms with E-state index >= 15 is 0 Å². The van der Waals surface area contributed by atoms with Crippen molar-refractivity contribution >= 4 is 16.9 Å². The maximum atomic E-state index is 12.7. The molecule has 3 rings (SSSR count). The van der Waals surface area contributed by atoms with Gasteiger partial charge < -0.3 is 19.1 Å². The summed E-state index contributed by atoms with van der Waals surface area (Å²) < 4.78 is 7.68. The van der Waals surface area contributed by atoms with Crippen LogP contribution in [0.1, 0.15) is 10.4 Å². The number of hydrogen-bond acceptors (Lipinski definition) is 4. The summed E-state index contributed by atoms with van der Waals surface area (Å²) in [5.41, 5.74) is 2.58. The van der Waals surface area contributed by atoms with E-state index in [1.807, 2.05) is 48.8 Å². The van der Waals surface area contributed by atoms with E-state index in [4.69, 9.17) is 4.74 Å². The Morgan fingerprint density at radius 1 is 1.45 bits per heavy atom. The van der Waals surface area contributed by atoms with Crippen molar-refractivity contribution in [3.05, 3.63) is 30.1 Å². The smallest absolute Gasteiger partial charge is 0.254 e. The van der Waals surface area contributed by atoms with Crippen LogP contribution in [0.3, 0.4) is 0 Å². The van der Waals surface area contributed by atoms with Crippen LogP contribution in [-0.4, -0.2) is 71.7 Å². The fourth-order valence-corrected chi connectivity index (χ4v) is 2.87. The Bertz CT molecular complexity index is 680. The Morgan fingerprint density at radius 2 is 2.27 bits per heavy atom. The average molecular weight is 302 g/mol. The molecule has 118 valence electrons. The lowest BCUT2D eigenvalue weighted by Gasteiger charge is -2.34. The molecule has 0 bridgehead atoms. The van der Waals surface area contributed by atoms with Gasteiger partial charge in [-0.3, -0.25) is 4.79 Å². The molecule has 0 aliphatic carbocycles. The van der Waals surface area contributed by atoms with Crippen molar-refractivity contribution in [1.29, 1.82) is 0 Å². The molecule has 22 heavy (non-hydrogen) atoms. The Hall–Kier alpha value is -1.92. The van der Waals surface area contributed by atoms with E-state index in [0.717, 1.165) is 17.6 Å². The summed E-state index contributed by atoms with van der Waals surface area (Å²) in [6, 6.07) is 5.70. The number of aryl methyl sites for hydroxylation is 1. The number of imidazole rings is 1. The van der Waals surface area contributed by atoms with Gasteiger partial charge in [-0.25, -0.2) is 4.98 Å². The normalized spacial score (nSPS) is 19.1. The number of fused-ring (bicyclic) bond motifs is 1. The van der Waals surface area contributed by atoms with Crippen molar-refractivity contribution in [2.24, 2.45) is 7.05 Å². The van der Waals surface area contributed by atoms with Gasteiger partial charge in [0.15, 0.2) is 0 Å². The molecule has 1 amide bonds. The zero-order valence-electron chi connectivity index (χ0n) is 13.3. The van der Waals surface area contributed by atoms with Crippen molar-refractivity contribution in [1.82, 2.24) is 19.4 Å². The minimum absolute atomic E-state index is 0.0552. The highest BCUT2D eigenvalue weighted by Gasteiger charge is 2.25. The number of rotatable bonds is 3. The molecule has 1 aromatic heterocycles. The van der Waals surface area contributed by atoms with Gasteiger partial charge in [0.2, 0.25) is 0 Å². The molecular formula is C16H22N4O2. The number of carbonyl (C=O) groups is 1. The van der Waals surface area contributed by atoms with Gasteiger partial charge in [-0.05, 0) is 32.3 Å². The minimum atomic E-state index is 0.0552. The fraction of sp³-hybridized carbons (Fsp3) is 0.500. The molecule has 1 aromatic carbocycles. The Balaban J connectivity index is 1.76. The Kier molecular flexibility index (Phi) is 4.13. The zero-order valence-corrected chi connectivity index (χ0v) is 13.3. The molecule has 6 nitrogen and oxygen atoms in total. The van der Waals surface area contributed by atoms with E-state index in [2.05, 4.69) is 9.88 Å². The van der Waals surface area contributed by atoms with Gasteiger partial charge in [0.05, 0.1) is 30.1 Å². The quantitative estimate of drug-likeness (QED) is 0.848. The van der Waals surface area contributed by atoms with Crippen LogP contribution < -0.4 is 0 Å². The molecule has 0 N–H and O–H groups in total. The molecule has 1 aliphatic heterocycles. The summed E-state index contributed by atoms with van der Waals surface area (Å²) in [5, 5.41) is 0. The van der Waals surface area contributed by atoms with Crippen LogP contribution in [0.5, 0.6) is 0 Å². The number of benzene rings is 1. The molecule has 0 radical (unpaired) electrons. The maximum absolute atomic E-state index is 12.7. The van der Waals surface area contributed by atoms with E-state index in [9.17, 15) is 4.79 Å². The molecule has 0 saturated carbocycles. The number of aromatic nitrogens is 2. The van der Waals surface area contributed by atoms with Gasteiger partial charge >= 0.3 is 0 Å². The van der Waals surface area contributed by atoms with Crippen LogP contribution >= 0.6 is 0 Å². The lowest BCUT2D eigenvalue weighted by atomic mass is 10.1. The van der Waals surface area contributed by atoms with Gasteiger partial charge in [-0.2, -0.15) is 0 Å². The molecular weight excluding hydrogens is 280 g/mol. The number of carbonyl (C=O) groups excluding carboxylic acids is 1. The first kappa shape index (κ1) is 15.0. The van der Waals surface area contributed by atoms with Gasteiger partial charge in [0.1, 0.15) is 0 Å². The van der Waals surface area contributed by atoms with Gasteiger partial charge in [0, 0.05) is 32.2 Å². The van der Waals surface area contributed by atoms with Crippen molar-refractivity contribution in [2.45, 2.75) is 6.10 Å². The highest BCUT2D eigenvalue weighted by Crippen LogP contribution is 2.17. The molecule has 0 spiro atoms. The number of nitrogens with zero attached hydrogens (tertiary/aromatic N) is 4. The third-order valence-corrected chi connectivity index (χ3v) is 3.97. The summed E-state index contributed by atoms with van der Waals surface area (Å²) in [7, 11) is 5.98. The largest absolute Gasteiger partial charge is 0.373 e. The molecule has 1 atom stereocenters. The SMILES string of the molecule is CN(C)CC1CN(C(=O)c2ccc3c(c2)ncn3C)CCO1. The lowest BCUT2D eigenvalue weighted by molar-refractivity contribution is -0.0306. The molecule has 1 aliphatic rings. The monoisotopic (exact) mass is 302 g/mol. The summed E-state index contributed by atoms with van der Waals surface area (Å²) in [6.07, 6.45) is 1.84. The summed E-state index contributed by atoms with van der Waals surface area (Å²) in [5.74, 6) is 0.0552. The van der Waals surface area contributed by atoms with Crippen molar-refractivity contribution in [3.63, 3.8) is 0 Å². The van der Waals surface area contributed by atoms with E-state index in [-0.39, 0.29) is 12.0 Å².